The molecule has 0 heterocycles. The molecular weight excluding hydrogens is 114 g/mol. The van der Waals surface area contributed by atoms with Crippen molar-refractivity contribution < 1.29 is 4.79 Å². The van der Waals surface area contributed by atoms with Gasteiger partial charge in [0.25, 0.3) is 0 Å². The number of rotatable bonds is 2. The molecule has 3 heteroatoms. The van der Waals surface area contributed by atoms with Crippen molar-refractivity contribution in [3.05, 3.63) is 12.7 Å². The van der Waals surface area contributed by atoms with Crippen molar-refractivity contribution in [3.8, 4) is 0 Å². The molecule has 0 atom stereocenters. The second-order valence-electron chi connectivity index (χ2n) is 0.721. The Morgan fingerprint density at radius 1 is 1.86 bits per heavy atom. The van der Waals surface area contributed by atoms with Gasteiger partial charge in [0.05, 0.1) is 6.54 Å². The zero-order chi connectivity index (χ0) is 4.83. The average Bonchev–Trinajstić information content (AvgIpc) is 1.61. The minimum absolute atomic E-state index is 0. The van der Waals surface area contributed by atoms with E-state index in [4.69, 9.17) is 0 Å². The van der Waals surface area contributed by atoms with E-state index in [0.29, 0.717) is 6.54 Å². The normalized spacial score (nSPS) is 5.14. The Kier molecular flexibility index (Phi) is 12.5. The highest BCUT2D eigenvalue weighted by atomic mass is 35.5. The molecule has 0 aromatic rings. The van der Waals surface area contributed by atoms with E-state index in [2.05, 4.69) is 11.6 Å². The first-order valence-corrected chi connectivity index (χ1v) is 1.56. The summed E-state index contributed by atoms with van der Waals surface area (Å²) in [5.74, 6) is 0. The maximum Gasteiger partial charge on any atom is 0.235 e. The lowest BCUT2D eigenvalue weighted by molar-refractivity contribution is 0.564. The van der Waals surface area contributed by atoms with Crippen molar-refractivity contribution in [1.82, 2.24) is 0 Å². The molecule has 0 fully saturated rings. The Hall–Kier alpha value is -0.590. The topological polar surface area (TPSA) is 29.4 Å². The number of isocyanates is 1. The minimum Gasteiger partial charge on any atom is -0.211 e. The van der Waals surface area contributed by atoms with Crippen LogP contribution in [0.2, 0.25) is 0 Å². The number of aliphatic imine (C=N–C) groups is 1. The zero-order valence-electron chi connectivity index (χ0n) is 3.76. The highest BCUT2D eigenvalue weighted by Crippen LogP contribution is 1.61. The Labute approximate surface area is 48.4 Å². The fourth-order valence-electron chi connectivity index (χ4n) is 0.102. The lowest BCUT2D eigenvalue weighted by atomic mass is 10.7. The standard InChI is InChI=1S/C4H5NO.ClH/c1-2-3-5-4-6;/h2H,1,3H2;1H. The summed E-state index contributed by atoms with van der Waals surface area (Å²) in [6, 6.07) is 0. The fourth-order valence-corrected chi connectivity index (χ4v) is 0.102. The van der Waals surface area contributed by atoms with Crippen LogP contribution >= 0.6 is 12.4 Å². The number of nitrogens with zero attached hydrogens (tertiary/aromatic N) is 1. The maximum atomic E-state index is 9.22. The number of carbonyl (C=O) groups excluding carboxylic acids is 1. The van der Waals surface area contributed by atoms with E-state index < -0.39 is 0 Å². The second kappa shape index (κ2) is 9.05. The van der Waals surface area contributed by atoms with Crippen molar-refractivity contribution >= 4 is 18.5 Å². The SMILES string of the molecule is C=CCN=C=O.Cl. The van der Waals surface area contributed by atoms with Gasteiger partial charge in [-0.25, -0.2) is 9.79 Å². The van der Waals surface area contributed by atoms with Gasteiger partial charge in [-0.2, -0.15) is 0 Å². The molecule has 0 aromatic carbocycles. The first kappa shape index (κ1) is 9.65. The van der Waals surface area contributed by atoms with E-state index in [-0.39, 0.29) is 12.4 Å². The van der Waals surface area contributed by atoms with Crippen LogP contribution < -0.4 is 0 Å². The lowest BCUT2D eigenvalue weighted by Crippen LogP contribution is -1.63. The molecule has 0 spiro atoms. The summed E-state index contributed by atoms with van der Waals surface area (Å²) < 4.78 is 0. The summed E-state index contributed by atoms with van der Waals surface area (Å²) >= 11 is 0. The predicted octanol–water partition coefficient (Wildman–Crippen LogP) is 0.930. The summed E-state index contributed by atoms with van der Waals surface area (Å²) in [5, 5.41) is 0. The number of hydrogen-bond acceptors (Lipinski definition) is 2. The monoisotopic (exact) mass is 119 g/mol. The average molecular weight is 120 g/mol. The van der Waals surface area contributed by atoms with Crippen LogP contribution in [0.15, 0.2) is 17.6 Å². The van der Waals surface area contributed by atoms with Crippen LogP contribution in [0.5, 0.6) is 0 Å². The van der Waals surface area contributed by atoms with Gasteiger partial charge in [0.2, 0.25) is 6.08 Å². The van der Waals surface area contributed by atoms with Gasteiger partial charge in [-0.1, -0.05) is 6.08 Å². The molecule has 7 heavy (non-hydrogen) atoms. The van der Waals surface area contributed by atoms with Crippen LogP contribution in [-0.2, 0) is 4.79 Å². The first-order chi connectivity index (χ1) is 2.91. The molecule has 0 N–H and O–H groups in total. The van der Waals surface area contributed by atoms with E-state index in [1.807, 2.05) is 0 Å². The van der Waals surface area contributed by atoms with Crippen LogP contribution in [0.4, 0.5) is 0 Å². The van der Waals surface area contributed by atoms with Gasteiger partial charge < -0.3 is 0 Å². The Morgan fingerprint density at radius 3 is 2.57 bits per heavy atom. The highest BCUT2D eigenvalue weighted by Gasteiger charge is 1.58. The van der Waals surface area contributed by atoms with Crippen LogP contribution in [-0.4, -0.2) is 12.6 Å². The zero-order valence-corrected chi connectivity index (χ0v) is 4.57. The molecule has 0 aliphatic carbocycles. The van der Waals surface area contributed by atoms with Gasteiger partial charge >= 0.3 is 0 Å². The third kappa shape index (κ3) is 10.8. The summed E-state index contributed by atoms with van der Waals surface area (Å²) in [7, 11) is 0. The van der Waals surface area contributed by atoms with Gasteiger partial charge in [-0.05, 0) is 0 Å². The number of halogens is 1. The third-order valence-corrected chi connectivity index (χ3v) is 0.285. The van der Waals surface area contributed by atoms with Crippen LogP contribution in [0.1, 0.15) is 0 Å². The molecule has 0 radical (unpaired) electrons. The largest absolute Gasteiger partial charge is 0.235 e. The molecule has 0 rings (SSSR count). The van der Waals surface area contributed by atoms with Crippen molar-refractivity contribution in [2.45, 2.75) is 0 Å². The lowest BCUT2D eigenvalue weighted by Gasteiger charge is -1.64. The second-order valence-corrected chi connectivity index (χ2v) is 0.721. The molecule has 0 aliphatic rings. The van der Waals surface area contributed by atoms with Gasteiger partial charge in [0, 0.05) is 0 Å². The molecule has 0 saturated heterocycles. The van der Waals surface area contributed by atoms with Crippen LogP contribution in [0.3, 0.4) is 0 Å². The summed E-state index contributed by atoms with van der Waals surface area (Å²) in [5.41, 5.74) is 0. The third-order valence-electron chi connectivity index (χ3n) is 0.285. The Balaban J connectivity index is 0. The van der Waals surface area contributed by atoms with Crippen molar-refractivity contribution in [1.29, 1.82) is 0 Å². The van der Waals surface area contributed by atoms with Crippen molar-refractivity contribution in [2.24, 2.45) is 4.99 Å². The smallest absolute Gasteiger partial charge is 0.211 e. The molecule has 0 aromatic heterocycles. The van der Waals surface area contributed by atoms with E-state index >= 15 is 0 Å². The molecular formula is C4H6ClNO. The van der Waals surface area contributed by atoms with E-state index in [1.54, 1.807) is 0 Å². The first-order valence-electron chi connectivity index (χ1n) is 1.56. The van der Waals surface area contributed by atoms with Gasteiger partial charge in [0.1, 0.15) is 0 Å². The van der Waals surface area contributed by atoms with Crippen LogP contribution in [0, 0.1) is 0 Å². The maximum absolute atomic E-state index is 9.22. The highest BCUT2D eigenvalue weighted by molar-refractivity contribution is 5.85. The summed E-state index contributed by atoms with van der Waals surface area (Å²) in [6.45, 7) is 3.70. The molecule has 0 saturated carbocycles. The van der Waals surface area contributed by atoms with Gasteiger partial charge in [-0.3, -0.25) is 0 Å². The van der Waals surface area contributed by atoms with E-state index in [1.165, 1.54) is 12.2 Å². The number of hydrogen-bond donors (Lipinski definition) is 0. The summed E-state index contributed by atoms with van der Waals surface area (Å²) in [4.78, 5) is 12.4. The molecule has 0 amide bonds. The summed E-state index contributed by atoms with van der Waals surface area (Å²) in [6.07, 6.45) is 2.90. The molecule has 2 nitrogen and oxygen atoms in total. The molecule has 40 valence electrons. The predicted molar refractivity (Wildman–Crippen MR) is 30.4 cm³/mol. The van der Waals surface area contributed by atoms with Gasteiger partial charge in [0.15, 0.2) is 0 Å². The molecule has 0 aliphatic heterocycles. The fraction of sp³-hybridized carbons (Fsp3) is 0.250. The minimum atomic E-state index is 0. The van der Waals surface area contributed by atoms with Crippen molar-refractivity contribution in [3.63, 3.8) is 0 Å². The Morgan fingerprint density at radius 2 is 2.43 bits per heavy atom. The van der Waals surface area contributed by atoms with Crippen molar-refractivity contribution in [2.75, 3.05) is 6.54 Å². The van der Waals surface area contributed by atoms with Gasteiger partial charge in [-0.15, -0.1) is 19.0 Å². The molecule has 0 bridgehead atoms. The van der Waals surface area contributed by atoms with E-state index in [0.717, 1.165) is 0 Å². The Bertz CT molecular complexity index is 85.7. The molecule has 0 unspecified atom stereocenters. The quantitative estimate of drug-likeness (QED) is 0.302. The van der Waals surface area contributed by atoms with E-state index in [9.17, 15) is 4.79 Å². The van der Waals surface area contributed by atoms with Crippen LogP contribution in [0.25, 0.3) is 0 Å².